The average molecular weight is 385 g/mol. The van der Waals surface area contributed by atoms with Crippen LogP contribution >= 0.6 is 15.9 Å². The number of rotatable bonds is 5. The van der Waals surface area contributed by atoms with Crippen molar-refractivity contribution in [2.45, 2.75) is 33.9 Å². The lowest BCUT2D eigenvalue weighted by atomic mass is 10.2. The molecule has 1 N–H and O–H groups in total. The van der Waals surface area contributed by atoms with Gasteiger partial charge in [-0.3, -0.25) is 9.48 Å². The molecule has 124 valence electrons. The van der Waals surface area contributed by atoms with Crippen LogP contribution < -0.4 is 0 Å². The molecular formula is C13H17BrN6O3. The Kier molecular flexibility index (Phi) is 4.83. The number of halogens is 1. The van der Waals surface area contributed by atoms with Crippen molar-refractivity contribution in [3.63, 3.8) is 0 Å². The molecule has 0 aliphatic carbocycles. The van der Waals surface area contributed by atoms with Crippen LogP contribution in [0.25, 0.3) is 0 Å². The predicted octanol–water partition coefficient (Wildman–Crippen LogP) is 2.19. The number of carbonyl (C=O) groups is 1. The molecule has 10 heteroatoms. The zero-order chi connectivity index (χ0) is 17.3. The average Bonchev–Trinajstić information content (AvgIpc) is 3.01. The number of amides is 1. The van der Waals surface area contributed by atoms with Gasteiger partial charge < -0.3 is 15.0 Å². The Bertz CT molecular complexity index is 766. The van der Waals surface area contributed by atoms with E-state index in [1.54, 1.807) is 7.05 Å². The number of nitro groups is 1. The highest BCUT2D eigenvalue weighted by Gasteiger charge is 2.27. The Morgan fingerprint density at radius 2 is 2.13 bits per heavy atom. The number of H-pyrrole nitrogens is 1. The van der Waals surface area contributed by atoms with Crippen molar-refractivity contribution in [3.8, 4) is 0 Å². The predicted molar refractivity (Wildman–Crippen MR) is 86.1 cm³/mol. The first-order valence-corrected chi connectivity index (χ1v) is 7.73. The molecule has 0 bridgehead atoms. The maximum atomic E-state index is 12.5. The minimum atomic E-state index is -0.632. The van der Waals surface area contributed by atoms with Crippen molar-refractivity contribution in [2.24, 2.45) is 0 Å². The molecule has 9 nitrogen and oxygen atoms in total. The van der Waals surface area contributed by atoms with Crippen LogP contribution in [0.2, 0.25) is 0 Å². The molecule has 2 aromatic heterocycles. The summed E-state index contributed by atoms with van der Waals surface area (Å²) in [5, 5.41) is 21.2. The van der Waals surface area contributed by atoms with Crippen LogP contribution in [0.4, 0.5) is 5.82 Å². The number of nitrogens with zero attached hydrogens (tertiary/aromatic N) is 5. The van der Waals surface area contributed by atoms with Gasteiger partial charge in [0.25, 0.3) is 5.91 Å². The smallest absolute Gasteiger partial charge is 0.357 e. The highest BCUT2D eigenvalue weighted by molar-refractivity contribution is 9.10. The zero-order valence-corrected chi connectivity index (χ0v) is 14.8. The molecule has 0 aliphatic rings. The summed E-state index contributed by atoms with van der Waals surface area (Å²) in [4.78, 5) is 24.1. The molecule has 0 saturated carbocycles. The topological polar surface area (TPSA) is 110 Å². The highest BCUT2D eigenvalue weighted by Crippen LogP contribution is 2.26. The van der Waals surface area contributed by atoms with Gasteiger partial charge in [0.1, 0.15) is 4.47 Å². The molecule has 0 fully saturated rings. The highest BCUT2D eigenvalue weighted by atomic mass is 79.9. The Morgan fingerprint density at radius 1 is 1.48 bits per heavy atom. The molecule has 0 atom stereocenters. The van der Waals surface area contributed by atoms with E-state index in [-0.39, 0.29) is 16.0 Å². The number of hydrogen-bond acceptors (Lipinski definition) is 5. The maximum Gasteiger partial charge on any atom is 0.357 e. The van der Waals surface area contributed by atoms with Gasteiger partial charge >= 0.3 is 5.82 Å². The molecule has 2 rings (SSSR count). The van der Waals surface area contributed by atoms with Crippen molar-refractivity contribution in [1.29, 1.82) is 0 Å². The van der Waals surface area contributed by atoms with Gasteiger partial charge in [-0.05, 0) is 41.6 Å². The molecule has 0 spiro atoms. The number of carbonyl (C=O) groups excluding carboxylic acids is 1. The molecule has 0 aliphatic heterocycles. The van der Waals surface area contributed by atoms with Crippen LogP contribution in [0.3, 0.4) is 0 Å². The molecule has 2 heterocycles. The van der Waals surface area contributed by atoms with E-state index >= 15 is 0 Å². The van der Waals surface area contributed by atoms with E-state index in [0.717, 1.165) is 23.5 Å². The zero-order valence-electron chi connectivity index (χ0n) is 13.3. The Labute approximate surface area is 140 Å². The van der Waals surface area contributed by atoms with E-state index < -0.39 is 10.8 Å². The second-order valence-corrected chi connectivity index (χ2v) is 5.91. The van der Waals surface area contributed by atoms with E-state index in [0.29, 0.717) is 6.54 Å². The van der Waals surface area contributed by atoms with Crippen molar-refractivity contribution < 1.29 is 9.72 Å². The van der Waals surface area contributed by atoms with Gasteiger partial charge in [0.2, 0.25) is 0 Å². The quantitative estimate of drug-likeness (QED) is 0.627. The monoisotopic (exact) mass is 384 g/mol. The summed E-state index contributed by atoms with van der Waals surface area (Å²) in [5.41, 5.74) is 2.80. The van der Waals surface area contributed by atoms with E-state index in [4.69, 9.17) is 0 Å². The number of aromatic amines is 1. The minimum Gasteiger partial charge on any atom is -0.358 e. The molecule has 0 radical (unpaired) electrons. The lowest BCUT2D eigenvalue weighted by molar-refractivity contribution is -0.390. The van der Waals surface area contributed by atoms with Gasteiger partial charge in [0.15, 0.2) is 5.69 Å². The van der Waals surface area contributed by atoms with Gasteiger partial charge in [-0.25, -0.2) is 0 Å². The molecular weight excluding hydrogens is 368 g/mol. The Hall–Kier alpha value is -2.23. The summed E-state index contributed by atoms with van der Waals surface area (Å²) >= 11 is 3.05. The fourth-order valence-electron chi connectivity index (χ4n) is 2.34. The second-order valence-electron chi connectivity index (χ2n) is 5.12. The molecule has 0 saturated heterocycles. The molecule has 23 heavy (non-hydrogen) atoms. The van der Waals surface area contributed by atoms with Crippen LogP contribution in [0.1, 0.15) is 34.4 Å². The van der Waals surface area contributed by atoms with Crippen LogP contribution in [0.15, 0.2) is 4.47 Å². The maximum absolute atomic E-state index is 12.5. The number of nitrogens with one attached hydrogen (secondary N) is 1. The fourth-order valence-corrected chi connectivity index (χ4v) is 2.83. The summed E-state index contributed by atoms with van der Waals surface area (Å²) < 4.78 is 1.93. The summed E-state index contributed by atoms with van der Waals surface area (Å²) in [6.07, 6.45) is 0. The summed E-state index contributed by atoms with van der Waals surface area (Å²) in [5.74, 6) is -0.753. The minimum absolute atomic E-state index is 0.0163. The van der Waals surface area contributed by atoms with Crippen LogP contribution in [-0.2, 0) is 13.1 Å². The number of hydrogen-bond donors (Lipinski definition) is 1. The number of aromatic nitrogens is 4. The van der Waals surface area contributed by atoms with Gasteiger partial charge in [0.05, 0.1) is 5.69 Å². The molecule has 0 unspecified atom stereocenters. The summed E-state index contributed by atoms with van der Waals surface area (Å²) in [6, 6.07) is 0. The Balaban J connectivity index is 2.24. The Morgan fingerprint density at radius 3 is 2.61 bits per heavy atom. The lowest BCUT2D eigenvalue weighted by Gasteiger charge is -2.16. The molecule has 1 amide bonds. The van der Waals surface area contributed by atoms with E-state index in [1.807, 2.05) is 25.5 Å². The summed E-state index contributed by atoms with van der Waals surface area (Å²) in [6.45, 7) is 6.94. The SMILES string of the molecule is CCn1nc(C)c(CN(C)C(=O)c2n[nH]c([N+](=O)[O-])c2Br)c1C. The normalized spacial score (nSPS) is 10.8. The van der Waals surface area contributed by atoms with Gasteiger partial charge in [0, 0.05) is 31.4 Å². The first-order chi connectivity index (χ1) is 10.8. The lowest BCUT2D eigenvalue weighted by Crippen LogP contribution is -2.27. The van der Waals surface area contributed by atoms with Gasteiger partial charge in [-0.1, -0.05) is 5.10 Å². The van der Waals surface area contributed by atoms with Gasteiger partial charge in [-0.2, -0.15) is 5.10 Å². The third-order valence-corrected chi connectivity index (χ3v) is 4.40. The van der Waals surface area contributed by atoms with Crippen molar-refractivity contribution in [1.82, 2.24) is 24.9 Å². The standard InChI is InChI=1S/C13H17BrN6O3/c1-5-19-8(3)9(7(2)17-19)6-18(4)13(21)11-10(14)12(16-15-11)20(22)23/h5-6H2,1-4H3,(H,15,16). The third kappa shape index (κ3) is 3.11. The first kappa shape index (κ1) is 17.1. The van der Waals surface area contributed by atoms with Crippen LogP contribution in [0.5, 0.6) is 0 Å². The largest absolute Gasteiger partial charge is 0.358 e. The third-order valence-electron chi connectivity index (χ3n) is 3.65. The van der Waals surface area contributed by atoms with Crippen molar-refractivity contribution >= 4 is 27.7 Å². The second kappa shape index (κ2) is 6.49. The first-order valence-electron chi connectivity index (χ1n) is 6.94. The fraction of sp³-hybridized carbons (Fsp3) is 0.462. The van der Waals surface area contributed by atoms with Crippen molar-refractivity contribution in [3.05, 3.63) is 37.2 Å². The molecule has 2 aromatic rings. The van der Waals surface area contributed by atoms with E-state index in [1.165, 1.54) is 4.90 Å². The van der Waals surface area contributed by atoms with Crippen LogP contribution in [-0.4, -0.2) is 42.8 Å². The van der Waals surface area contributed by atoms with Crippen molar-refractivity contribution in [2.75, 3.05) is 7.05 Å². The van der Waals surface area contributed by atoms with E-state index in [9.17, 15) is 14.9 Å². The van der Waals surface area contributed by atoms with E-state index in [2.05, 4.69) is 31.2 Å². The summed E-state index contributed by atoms with van der Waals surface area (Å²) in [7, 11) is 1.62. The van der Waals surface area contributed by atoms with Crippen LogP contribution in [0, 0.1) is 24.0 Å². The molecule has 0 aromatic carbocycles. The number of aryl methyl sites for hydroxylation is 2. The van der Waals surface area contributed by atoms with Gasteiger partial charge in [-0.15, -0.1) is 5.10 Å².